The summed E-state index contributed by atoms with van der Waals surface area (Å²) in [5.41, 5.74) is 1.32. The molecule has 7 heteroatoms. The Hall–Kier alpha value is -2.21. The molecule has 2 heterocycles. The Morgan fingerprint density at radius 1 is 1.42 bits per heavy atom. The van der Waals surface area contributed by atoms with Crippen LogP contribution in [0.5, 0.6) is 0 Å². The Labute approximate surface area is 112 Å². The highest BCUT2D eigenvalue weighted by Crippen LogP contribution is 2.24. The quantitative estimate of drug-likeness (QED) is 0.886. The van der Waals surface area contributed by atoms with E-state index in [1.54, 1.807) is 6.20 Å². The second kappa shape index (κ2) is 4.47. The van der Waals surface area contributed by atoms with Gasteiger partial charge in [0.05, 0.1) is 11.4 Å². The molecule has 19 heavy (non-hydrogen) atoms. The minimum absolute atomic E-state index is 0.0134. The van der Waals surface area contributed by atoms with E-state index >= 15 is 0 Å². The van der Waals surface area contributed by atoms with E-state index in [1.807, 2.05) is 0 Å². The molecule has 96 valence electrons. The van der Waals surface area contributed by atoms with E-state index in [0.29, 0.717) is 17.5 Å². The molecule has 1 aromatic carbocycles. The van der Waals surface area contributed by atoms with Gasteiger partial charge in [-0.05, 0) is 18.2 Å². The van der Waals surface area contributed by atoms with Crippen molar-refractivity contribution >= 4 is 35.0 Å². The van der Waals surface area contributed by atoms with Crippen molar-refractivity contribution in [3.8, 4) is 0 Å². The van der Waals surface area contributed by atoms with Crippen LogP contribution >= 0.6 is 11.6 Å². The van der Waals surface area contributed by atoms with Crippen LogP contribution in [-0.4, -0.2) is 15.9 Å². The summed E-state index contributed by atoms with van der Waals surface area (Å²) in [4.78, 5) is 19.4. The summed E-state index contributed by atoms with van der Waals surface area (Å²) < 4.78 is 13.0. The minimum atomic E-state index is -0.491. The topological polar surface area (TPSA) is 66.9 Å². The lowest BCUT2D eigenvalue weighted by Crippen LogP contribution is -2.05. The van der Waals surface area contributed by atoms with Crippen molar-refractivity contribution < 1.29 is 9.18 Å². The molecule has 1 aromatic heterocycles. The van der Waals surface area contributed by atoms with Crippen molar-refractivity contribution in [2.45, 2.75) is 6.42 Å². The monoisotopic (exact) mass is 278 g/mol. The SMILES string of the molecule is O=C1Cc2cnc(Nc3ccc(F)c(Cl)c3)nc2N1. The highest BCUT2D eigenvalue weighted by atomic mass is 35.5. The van der Waals surface area contributed by atoms with Crippen molar-refractivity contribution in [1.29, 1.82) is 0 Å². The Kier molecular flexibility index (Phi) is 2.79. The highest BCUT2D eigenvalue weighted by molar-refractivity contribution is 6.31. The highest BCUT2D eigenvalue weighted by Gasteiger charge is 2.19. The van der Waals surface area contributed by atoms with E-state index in [2.05, 4.69) is 20.6 Å². The molecule has 0 saturated carbocycles. The van der Waals surface area contributed by atoms with Gasteiger partial charge in [0.15, 0.2) is 0 Å². The number of aromatic nitrogens is 2. The van der Waals surface area contributed by atoms with Gasteiger partial charge in [-0.2, -0.15) is 4.98 Å². The number of hydrogen-bond acceptors (Lipinski definition) is 4. The van der Waals surface area contributed by atoms with Crippen LogP contribution in [0.1, 0.15) is 5.56 Å². The first-order valence-electron chi connectivity index (χ1n) is 5.49. The molecule has 0 atom stereocenters. The standard InChI is InChI=1S/C12H8ClFN4O/c13-8-4-7(1-2-9(8)14)16-12-15-5-6-3-10(19)17-11(6)18-12/h1-2,4-5H,3H2,(H2,15,16,17,18,19). The van der Waals surface area contributed by atoms with E-state index < -0.39 is 5.82 Å². The fraction of sp³-hybridized carbons (Fsp3) is 0.0833. The van der Waals surface area contributed by atoms with Crippen LogP contribution in [0.4, 0.5) is 21.8 Å². The predicted octanol–water partition coefficient (Wildman–Crippen LogP) is 2.51. The van der Waals surface area contributed by atoms with Crippen LogP contribution in [0.3, 0.4) is 0 Å². The molecule has 2 N–H and O–H groups in total. The van der Waals surface area contributed by atoms with Crippen molar-refractivity contribution in [1.82, 2.24) is 9.97 Å². The average molecular weight is 279 g/mol. The maximum Gasteiger partial charge on any atom is 0.230 e. The minimum Gasteiger partial charge on any atom is -0.324 e. The Morgan fingerprint density at radius 3 is 3.05 bits per heavy atom. The number of carbonyl (C=O) groups excluding carboxylic acids is 1. The van der Waals surface area contributed by atoms with Crippen LogP contribution in [-0.2, 0) is 11.2 Å². The van der Waals surface area contributed by atoms with Crippen LogP contribution < -0.4 is 10.6 Å². The first-order valence-corrected chi connectivity index (χ1v) is 5.87. The summed E-state index contributed by atoms with van der Waals surface area (Å²) in [5, 5.41) is 5.53. The zero-order chi connectivity index (χ0) is 13.4. The van der Waals surface area contributed by atoms with Gasteiger partial charge in [-0.15, -0.1) is 0 Å². The molecular formula is C12H8ClFN4O. The molecule has 5 nitrogen and oxygen atoms in total. The summed E-state index contributed by atoms with van der Waals surface area (Å²) in [5.74, 6) is 0.208. The van der Waals surface area contributed by atoms with Crippen molar-refractivity contribution in [2.24, 2.45) is 0 Å². The van der Waals surface area contributed by atoms with Gasteiger partial charge in [-0.1, -0.05) is 11.6 Å². The van der Waals surface area contributed by atoms with Crippen LogP contribution in [0.15, 0.2) is 24.4 Å². The maximum atomic E-state index is 13.0. The van der Waals surface area contributed by atoms with Gasteiger partial charge in [0.25, 0.3) is 0 Å². The third-order valence-corrected chi connectivity index (χ3v) is 2.94. The zero-order valence-corrected chi connectivity index (χ0v) is 10.3. The Balaban J connectivity index is 1.86. The second-order valence-corrected chi connectivity index (χ2v) is 4.45. The first-order chi connectivity index (χ1) is 9.11. The molecular weight excluding hydrogens is 271 g/mol. The summed E-state index contributed by atoms with van der Waals surface area (Å²) in [7, 11) is 0. The zero-order valence-electron chi connectivity index (χ0n) is 9.58. The van der Waals surface area contributed by atoms with E-state index in [4.69, 9.17) is 11.6 Å². The maximum absolute atomic E-state index is 13.0. The number of benzene rings is 1. The molecule has 0 fully saturated rings. The molecule has 0 aliphatic carbocycles. The molecule has 1 aliphatic heterocycles. The van der Waals surface area contributed by atoms with Crippen LogP contribution in [0, 0.1) is 5.82 Å². The molecule has 0 saturated heterocycles. The lowest BCUT2D eigenvalue weighted by molar-refractivity contribution is -0.115. The number of halogens is 2. The third-order valence-electron chi connectivity index (χ3n) is 2.65. The molecule has 0 unspecified atom stereocenters. The number of fused-ring (bicyclic) bond motifs is 1. The molecule has 1 aliphatic rings. The fourth-order valence-electron chi connectivity index (χ4n) is 1.76. The number of nitrogens with zero attached hydrogens (tertiary/aromatic N) is 2. The number of nitrogens with one attached hydrogen (secondary N) is 2. The Morgan fingerprint density at radius 2 is 2.26 bits per heavy atom. The number of carbonyl (C=O) groups is 1. The first kappa shape index (κ1) is 11.9. The Bertz CT molecular complexity index is 677. The van der Waals surface area contributed by atoms with E-state index in [-0.39, 0.29) is 17.4 Å². The number of rotatable bonds is 2. The predicted molar refractivity (Wildman–Crippen MR) is 69.1 cm³/mol. The average Bonchev–Trinajstić information content (AvgIpc) is 2.73. The lowest BCUT2D eigenvalue weighted by Gasteiger charge is -2.06. The van der Waals surface area contributed by atoms with Gasteiger partial charge in [-0.25, -0.2) is 9.37 Å². The molecule has 1 amide bonds. The van der Waals surface area contributed by atoms with Crippen LogP contribution in [0.2, 0.25) is 5.02 Å². The van der Waals surface area contributed by atoms with E-state index in [9.17, 15) is 9.18 Å². The summed E-state index contributed by atoms with van der Waals surface area (Å²) >= 11 is 5.68. The molecule has 0 spiro atoms. The van der Waals surface area contributed by atoms with Crippen LogP contribution in [0.25, 0.3) is 0 Å². The summed E-state index contributed by atoms with van der Waals surface area (Å²) in [6, 6.07) is 4.21. The molecule has 2 aromatic rings. The fourth-order valence-corrected chi connectivity index (χ4v) is 1.94. The number of anilines is 3. The van der Waals surface area contributed by atoms with Crippen molar-refractivity contribution in [3.63, 3.8) is 0 Å². The van der Waals surface area contributed by atoms with E-state index in [1.165, 1.54) is 18.2 Å². The van der Waals surface area contributed by atoms with E-state index in [0.717, 1.165) is 5.56 Å². The van der Waals surface area contributed by atoms with Gasteiger partial charge >= 0.3 is 0 Å². The number of hydrogen-bond donors (Lipinski definition) is 2. The molecule has 0 bridgehead atoms. The normalized spacial score (nSPS) is 13.1. The third kappa shape index (κ3) is 2.34. The number of amides is 1. The van der Waals surface area contributed by atoms with Gasteiger partial charge in [0.2, 0.25) is 11.9 Å². The van der Waals surface area contributed by atoms with Gasteiger partial charge in [-0.3, -0.25) is 4.79 Å². The largest absolute Gasteiger partial charge is 0.324 e. The van der Waals surface area contributed by atoms with Crippen molar-refractivity contribution in [3.05, 3.63) is 40.8 Å². The summed E-state index contributed by atoms with van der Waals surface area (Å²) in [6.45, 7) is 0. The van der Waals surface area contributed by atoms with Gasteiger partial charge in [0.1, 0.15) is 11.6 Å². The van der Waals surface area contributed by atoms with Crippen molar-refractivity contribution in [2.75, 3.05) is 10.6 Å². The second-order valence-electron chi connectivity index (χ2n) is 4.05. The molecule has 3 rings (SSSR count). The lowest BCUT2D eigenvalue weighted by atomic mass is 10.3. The summed E-state index contributed by atoms with van der Waals surface area (Å²) in [6.07, 6.45) is 1.87. The van der Waals surface area contributed by atoms with Gasteiger partial charge in [0, 0.05) is 17.4 Å². The smallest absolute Gasteiger partial charge is 0.230 e. The molecule has 0 radical (unpaired) electrons. The van der Waals surface area contributed by atoms with Gasteiger partial charge < -0.3 is 10.6 Å².